The lowest BCUT2D eigenvalue weighted by molar-refractivity contribution is -0.00461. The van der Waals surface area contributed by atoms with Gasteiger partial charge in [0.2, 0.25) is 0 Å². The minimum absolute atomic E-state index is 0.122. The number of anilines is 1. The van der Waals surface area contributed by atoms with Gasteiger partial charge in [0.05, 0.1) is 31.5 Å². The Bertz CT molecular complexity index is 755. The number of nitrogens with one attached hydrogen (secondary N) is 1. The molecule has 1 aromatic carbocycles. The maximum Gasteiger partial charge on any atom is 0.126 e. The van der Waals surface area contributed by atoms with Crippen molar-refractivity contribution < 1.29 is 14.2 Å². The third-order valence-corrected chi connectivity index (χ3v) is 5.49. The second-order valence-corrected chi connectivity index (χ2v) is 7.65. The molecule has 6 heteroatoms. The molecule has 28 heavy (non-hydrogen) atoms. The summed E-state index contributed by atoms with van der Waals surface area (Å²) in [6.45, 7) is 8.81. The van der Waals surface area contributed by atoms with Crippen molar-refractivity contribution in [2.24, 2.45) is 0 Å². The summed E-state index contributed by atoms with van der Waals surface area (Å²) in [4.78, 5) is 6.68. The van der Waals surface area contributed by atoms with Gasteiger partial charge in [-0.15, -0.1) is 0 Å². The smallest absolute Gasteiger partial charge is 0.126 e. The topological polar surface area (TPSA) is 55.9 Å². The quantitative estimate of drug-likeness (QED) is 0.828. The standard InChI is InChI=1S/C22H29N3O3/c1-16-6-7-19(11-17(16)2)26-10-9-25-12-20-21(13-25)28-15-18(14-27-20)24-22-5-3-4-8-23-22/h3-8,11,18,20-21H,9-10,12-15H2,1-2H3,(H,23,24)/t20-,21-/m0/s1. The average molecular weight is 383 g/mol. The summed E-state index contributed by atoms with van der Waals surface area (Å²) >= 11 is 0. The summed E-state index contributed by atoms with van der Waals surface area (Å²) in [6, 6.07) is 12.2. The summed E-state index contributed by atoms with van der Waals surface area (Å²) in [6.07, 6.45) is 2.03. The summed E-state index contributed by atoms with van der Waals surface area (Å²) in [5, 5.41) is 3.39. The van der Waals surface area contributed by atoms with Gasteiger partial charge in [0.15, 0.2) is 0 Å². The van der Waals surface area contributed by atoms with Crippen LogP contribution in [0, 0.1) is 13.8 Å². The van der Waals surface area contributed by atoms with E-state index in [9.17, 15) is 0 Å². The van der Waals surface area contributed by atoms with Crippen molar-refractivity contribution in [3.05, 3.63) is 53.7 Å². The maximum atomic E-state index is 6.14. The van der Waals surface area contributed by atoms with Gasteiger partial charge in [-0.05, 0) is 49.2 Å². The van der Waals surface area contributed by atoms with Crippen LogP contribution in [0.4, 0.5) is 5.82 Å². The van der Waals surface area contributed by atoms with Crippen LogP contribution in [-0.2, 0) is 9.47 Å². The Labute approximate surface area is 166 Å². The van der Waals surface area contributed by atoms with E-state index in [0.29, 0.717) is 19.8 Å². The Kier molecular flexibility index (Phi) is 6.10. The molecule has 2 aromatic rings. The lowest BCUT2D eigenvalue weighted by Crippen LogP contribution is -2.32. The second-order valence-electron chi connectivity index (χ2n) is 7.65. The van der Waals surface area contributed by atoms with Crippen LogP contribution in [0.3, 0.4) is 0 Å². The van der Waals surface area contributed by atoms with E-state index in [1.54, 1.807) is 6.20 Å². The first kappa shape index (κ1) is 19.2. The van der Waals surface area contributed by atoms with Crippen LogP contribution < -0.4 is 10.1 Å². The molecule has 2 aliphatic rings. The largest absolute Gasteiger partial charge is 0.492 e. The third kappa shape index (κ3) is 4.82. The molecule has 3 heterocycles. The number of likely N-dealkylation sites (tertiary alicyclic amines) is 1. The van der Waals surface area contributed by atoms with Gasteiger partial charge in [-0.25, -0.2) is 4.98 Å². The highest BCUT2D eigenvalue weighted by atomic mass is 16.6. The van der Waals surface area contributed by atoms with Gasteiger partial charge >= 0.3 is 0 Å². The Hall–Kier alpha value is -2.15. The SMILES string of the molecule is Cc1ccc(OCCN2C[C@@H]3OCC(Nc4ccccn4)CO[C@H]3C2)cc1C. The molecule has 2 aliphatic heterocycles. The predicted molar refractivity (Wildman–Crippen MR) is 109 cm³/mol. The molecule has 1 N–H and O–H groups in total. The van der Waals surface area contributed by atoms with Crippen molar-refractivity contribution in [1.82, 2.24) is 9.88 Å². The zero-order valence-corrected chi connectivity index (χ0v) is 16.6. The second kappa shape index (κ2) is 8.90. The van der Waals surface area contributed by atoms with Crippen LogP contribution >= 0.6 is 0 Å². The minimum atomic E-state index is 0.122. The van der Waals surface area contributed by atoms with Gasteiger partial charge in [-0.3, -0.25) is 4.90 Å². The van der Waals surface area contributed by atoms with Crippen molar-refractivity contribution in [2.45, 2.75) is 32.1 Å². The Morgan fingerprint density at radius 1 is 1.07 bits per heavy atom. The summed E-state index contributed by atoms with van der Waals surface area (Å²) in [7, 11) is 0. The highest BCUT2D eigenvalue weighted by molar-refractivity contribution is 5.35. The van der Waals surface area contributed by atoms with E-state index in [2.05, 4.69) is 41.2 Å². The van der Waals surface area contributed by atoms with Crippen LogP contribution in [0.5, 0.6) is 5.75 Å². The fraction of sp³-hybridized carbons (Fsp3) is 0.500. The molecule has 6 nitrogen and oxygen atoms in total. The van der Waals surface area contributed by atoms with E-state index in [0.717, 1.165) is 31.2 Å². The highest BCUT2D eigenvalue weighted by Gasteiger charge is 2.37. The van der Waals surface area contributed by atoms with E-state index < -0.39 is 0 Å². The number of hydrogen-bond acceptors (Lipinski definition) is 6. The van der Waals surface area contributed by atoms with Crippen LogP contribution in [-0.4, -0.2) is 67.6 Å². The molecule has 0 aliphatic carbocycles. The van der Waals surface area contributed by atoms with E-state index in [1.807, 2.05) is 24.3 Å². The molecule has 1 aromatic heterocycles. The number of fused-ring (bicyclic) bond motifs is 1. The van der Waals surface area contributed by atoms with Crippen LogP contribution in [0.1, 0.15) is 11.1 Å². The fourth-order valence-corrected chi connectivity index (χ4v) is 3.69. The number of nitrogens with zero attached hydrogens (tertiary/aromatic N) is 2. The first-order chi connectivity index (χ1) is 13.7. The van der Waals surface area contributed by atoms with Gasteiger partial charge in [0.25, 0.3) is 0 Å². The number of pyridine rings is 1. The van der Waals surface area contributed by atoms with Crippen LogP contribution in [0.2, 0.25) is 0 Å². The molecule has 2 saturated heterocycles. The Morgan fingerprint density at radius 3 is 2.54 bits per heavy atom. The van der Waals surface area contributed by atoms with Gasteiger partial charge in [0, 0.05) is 25.8 Å². The van der Waals surface area contributed by atoms with E-state index in [4.69, 9.17) is 14.2 Å². The first-order valence-corrected chi connectivity index (χ1v) is 10.0. The lowest BCUT2D eigenvalue weighted by atomic mass is 10.1. The normalized spacial score (nSPS) is 23.2. The number of benzene rings is 1. The van der Waals surface area contributed by atoms with Gasteiger partial charge < -0.3 is 19.5 Å². The van der Waals surface area contributed by atoms with Crippen molar-refractivity contribution in [3.8, 4) is 5.75 Å². The molecule has 2 atom stereocenters. The van der Waals surface area contributed by atoms with E-state index in [1.165, 1.54) is 11.1 Å². The van der Waals surface area contributed by atoms with Crippen molar-refractivity contribution in [1.29, 1.82) is 0 Å². The number of aryl methyl sites for hydroxylation is 2. The van der Waals surface area contributed by atoms with Crippen molar-refractivity contribution in [2.75, 3.05) is 44.8 Å². The average Bonchev–Trinajstić information content (AvgIpc) is 3.00. The molecule has 0 spiro atoms. The number of rotatable bonds is 6. The predicted octanol–water partition coefficient (Wildman–Crippen LogP) is 2.66. The molecule has 0 radical (unpaired) electrons. The highest BCUT2D eigenvalue weighted by Crippen LogP contribution is 2.21. The molecular weight excluding hydrogens is 354 g/mol. The molecule has 2 fully saturated rings. The third-order valence-electron chi connectivity index (χ3n) is 5.49. The molecule has 0 unspecified atom stereocenters. The van der Waals surface area contributed by atoms with Gasteiger partial charge in [0.1, 0.15) is 18.2 Å². The van der Waals surface area contributed by atoms with Crippen molar-refractivity contribution in [3.63, 3.8) is 0 Å². The fourth-order valence-electron chi connectivity index (χ4n) is 3.69. The van der Waals surface area contributed by atoms with E-state index in [-0.39, 0.29) is 18.2 Å². The van der Waals surface area contributed by atoms with Crippen LogP contribution in [0.15, 0.2) is 42.6 Å². The molecule has 150 valence electrons. The van der Waals surface area contributed by atoms with Crippen molar-refractivity contribution >= 4 is 5.82 Å². The summed E-state index contributed by atoms with van der Waals surface area (Å²) in [5.41, 5.74) is 2.55. The van der Waals surface area contributed by atoms with E-state index >= 15 is 0 Å². The zero-order chi connectivity index (χ0) is 19.3. The number of ether oxygens (including phenoxy) is 3. The minimum Gasteiger partial charge on any atom is -0.492 e. The first-order valence-electron chi connectivity index (χ1n) is 10.0. The maximum absolute atomic E-state index is 6.14. The molecule has 4 rings (SSSR count). The molecular formula is C22H29N3O3. The summed E-state index contributed by atoms with van der Waals surface area (Å²) < 4.78 is 18.2. The van der Waals surface area contributed by atoms with Gasteiger partial charge in [-0.1, -0.05) is 12.1 Å². The number of aromatic nitrogens is 1. The van der Waals surface area contributed by atoms with Crippen LogP contribution in [0.25, 0.3) is 0 Å². The summed E-state index contributed by atoms with van der Waals surface area (Å²) in [5.74, 6) is 1.80. The monoisotopic (exact) mass is 383 g/mol. The lowest BCUT2D eigenvalue weighted by Gasteiger charge is -2.19. The van der Waals surface area contributed by atoms with Gasteiger partial charge in [-0.2, -0.15) is 0 Å². The molecule has 0 saturated carbocycles. The molecule has 0 amide bonds. The Morgan fingerprint density at radius 2 is 1.86 bits per heavy atom. The Balaban J connectivity index is 1.21. The molecule has 0 bridgehead atoms. The zero-order valence-electron chi connectivity index (χ0n) is 16.6. The number of hydrogen-bond donors (Lipinski definition) is 1.